The third-order valence-corrected chi connectivity index (χ3v) is 6.45. The summed E-state index contributed by atoms with van der Waals surface area (Å²) in [6.07, 6.45) is 3.70. The molecule has 6 aromatic rings. The maximum absolute atomic E-state index is 6.12. The van der Waals surface area contributed by atoms with E-state index in [1.54, 1.807) is 25.4 Å². The van der Waals surface area contributed by atoms with Gasteiger partial charge in [0.2, 0.25) is 5.95 Å². The molecule has 0 aliphatic rings. The zero-order valence-corrected chi connectivity index (χ0v) is 21.8. The molecule has 0 saturated heterocycles. The predicted octanol–water partition coefficient (Wildman–Crippen LogP) is 7.44. The van der Waals surface area contributed by atoms with E-state index in [0.717, 1.165) is 39.6 Å². The van der Waals surface area contributed by atoms with Crippen molar-refractivity contribution in [2.75, 3.05) is 12.4 Å². The summed E-state index contributed by atoms with van der Waals surface area (Å²) in [5.41, 5.74) is 5.99. The van der Waals surface area contributed by atoms with Crippen molar-refractivity contribution in [2.24, 2.45) is 0 Å². The van der Waals surface area contributed by atoms with Crippen LogP contribution in [0.2, 0.25) is 5.02 Å². The van der Waals surface area contributed by atoms with Crippen molar-refractivity contribution in [2.45, 2.75) is 6.61 Å². The Bertz CT molecular complexity index is 1740. The van der Waals surface area contributed by atoms with Crippen LogP contribution in [0.4, 0.5) is 11.6 Å². The summed E-state index contributed by atoms with van der Waals surface area (Å²) in [5.74, 6) is 1.81. The Kier molecular flexibility index (Phi) is 6.80. The van der Waals surface area contributed by atoms with E-state index in [9.17, 15) is 0 Å². The minimum atomic E-state index is 0.426. The average molecular weight is 534 g/mol. The highest BCUT2D eigenvalue weighted by Gasteiger charge is 2.18. The number of pyridine rings is 1. The molecule has 0 radical (unpaired) electrons. The number of fused-ring (bicyclic) bond motifs is 1. The van der Waals surface area contributed by atoms with E-state index in [1.165, 1.54) is 0 Å². The topological polar surface area (TPSA) is 73.6 Å². The first-order valence-corrected chi connectivity index (χ1v) is 12.7. The normalized spacial score (nSPS) is 10.9. The van der Waals surface area contributed by atoms with Crippen LogP contribution >= 0.6 is 11.6 Å². The molecule has 0 saturated carbocycles. The maximum Gasteiger partial charge on any atom is 0.227 e. The van der Waals surface area contributed by atoms with Gasteiger partial charge in [0.25, 0.3) is 0 Å². The van der Waals surface area contributed by atoms with Crippen LogP contribution in [0.15, 0.2) is 109 Å². The summed E-state index contributed by atoms with van der Waals surface area (Å²) in [4.78, 5) is 14.2. The summed E-state index contributed by atoms with van der Waals surface area (Å²) >= 11 is 6.12. The van der Waals surface area contributed by atoms with E-state index in [-0.39, 0.29) is 0 Å². The number of hydrogen-bond acceptors (Lipinski definition) is 6. The van der Waals surface area contributed by atoms with Gasteiger partial charge < -0.3 is 14.8 Å². The Labute approximate surface area is 230 Å². The first kappa shape index (κ1) is 24.5. The van der Waals surface area contributed by atoms with Gasteiger partial charge in [-0.05, 0) is 60.2 Å². The summed E-state index contributed by atoms with van der Waals surface area (Å²) in [5, 5.41) is 3.83. The lowest BCUT2D eigenvalue weighted by Crippen LogP contribution is -2.01. The molecular formula is C31H24ClN5O2. The van der Waals surface area contributed by atoms with Gasteiger partial charge in [-0.3, -0.25) is 4.40 Å². The highest BCUT2D eigenvalue weighted by Crippen LogP contribution is 2.34. The van der Waals surface area contributed by atoms with Gasteiger partial charge in [0.05, 0.1) is 29.9 Å². The predicted molar refractivity (Wildman–Crippen MR) is 154 cm³/mol. The van der Waals surface area contributed by atoms with Crippen LogP contribution in [0.1, 0.15) is 5.56 Å². The number of nitrogens with one attached hydrogen (secondary N) is 1. The number of nitrogens with zero attached hydrogens (tertiary/aromatic N) is 4. The van der Waals surface area contributed by atoms with Crippen molar-refractivity contribution in [1.82, 2.24) is 19.4 Å². The SMILES string of the molecule is COc1cc(Cl)ccc1Nc1nccc(-c2c(-c3ccc(OCc4ccccc4)cc3)nc3ccccn23)n1. The van der Waals surface area contributed by atoms with Crippen molar-refractivity contribution in [3.05, 3.63) is 120 Å². The number of hydrogen-bond donors (Lipinski definition) is 1. The molecule has 0 fully saturated rings. The molecule has 3 aromatic heterocycles. The van der Waals surface area contributed by atoms with E-state index in [2.05, 4.69) is 10.3 Å². The molecule has 192 valence electrons. The smallest absolute Gasteiger partial charge is 0.227 e. The monoisotopic (exact) mass is 533 g/mol. The number of ether oxygens (including phenoxy) is 2. The minimum absolute atomic E-state index is 0.426. The Morgan fingerprint density at radius 3 is 2.51 bits per heavy atom. The number of halogens is 1. The minimum Gasteiger partial charge on any atom is -0.495 e. The standard InChI is InChI=1S/C31H24ClN5O2/c1-38-27-19-23(32)12-15-25(27)34-31-33-17-16-26(35-31)30-29(36-28-9-5-6-18-37(28)30)22-10-13-24(14-11-22)39-20-21-7-3-2-4-8-21/h2-19H,20H2,1H3,(H,33,34,35). The van der Waals surface area contributed by atoms with Crippen molar-refractivity contribution in [3.8, 4) is 34.1 Å². The van der Waals surface area contributed by atoms with Crippen molar-refractivity contribution >= 4 is 28.9 Å². The fraction of sp³-hybridized carbons (Fsp3) is 0.0645. The van der Waals surface area contributed by atoms with Gasteiger partial charge in [0, 0.05) is 29.0 Å². The van der Waals surface area contributed by atoms with E-state index >= 15 is 0 Å². The Morgan fingerprint density at radius 2 is 1.69 bits per heavy atom. The van der Waals surface area contributed by atoms with Gasteiger partial charge >= 0.3 is 0 Å². The van der Waals surface area contributed by atoms with Crippen LogP contribution < -0.4 is 14.8 Å². The first-order chi connectivity index (χ1) is 19.2. The van der Waals surface area contributed by atoms with Gasteiger partial charge in [-0.1, -0.05) is 48.0 Å². The highest BCUT2D eigenvalue weighted by atomic mass is 35.5. The van der Waals surface area contributed by atoms with E-state index in [1.807, 2.05) is 95.5 Å². The Hall–Kier alpha value is -4.88. The molecular weight excluding hydrogens is 510 g/mol. The van der Waals surface area contributed by atoms with Crippen molar-refractivity contribution < 1.29 is 9.47 Å². The lowest BCUT2D eigenvalue weighted by molar-refractivity contribution is 0.306. The van der Waals surface area contributed by atoms with Gasteiger partial charge in [-0.15, -0.1) is 0 Å². The van der Waals surface area contributed by atoms with Gasteiger partial charge in [-0.2, -0.15) is 0 Å². The number of methoxy groups -OCH3 is 1. The van der Waals surface area contributed by atoms with E-state index in [4.69, 9.17) is 31.0 Å². The second kappa shape index (κ2) is 10.8. The Balaban J connectivity index is 1.34. The van der Waals surface area contributed by atoms with Crippen LogP contribution in [-0.4, -0.2) is 26.5 Å². The molecule has 8 heteroatoms. The van der Waals surface area contributed by atoms with Gasteiger partial charge in [0.1, 0.15) is 23.8 Å². The molecule has 6 rings (SSSR count). The molecule has 3 aromatic carbocycles. The fourth-order valence-corrected chi connectivity index (χ4v) is 4.49. The third kappa shape index (κ3) is 5.26. The molecule has 0 bridgehead atoms. The van der Waals surface area contributed by atoms with Gasteiger partial charge in [0.15, 0.2) is 0 Å². The highest BCUT2D eigenvalue weighted by molar-refractivity contribution is 6.30. The quantitative estimate of drug-likeness (QED) is 0.219. The fourth-order valence-electron chi connectivity index (χ4n) is 4.33. The summed E-state index contributed by atoms with van der Waals surface area (Å²) < 4.78 is 13.5. The number of benzene rings is 3. The molecule has 0 spiro atoms. The van der Waals surface area contributed by atoms with E-state index in [0.29, 0.717) is 29.0 Å². The van der Waals surface area contributed by atoms with E-state index < -0.39 is 0 Å². The molecule has 0 aliphatic carbocycles. The second-order valence-electron chi connectivity index (χ2n) is 8.77. The van der Waals surface area contributed by atoms with Crippen LogP contribution in [0, 0.1) is 0 Å². The third-order valence-electron chi connectivity index (χ3n) is 6.21. The summed E-state index contributed by atoms with van der Waals surface area (Å²) in [6, 6.07) is 31.2. The molecule has 1 N–H and O–H groups in total. The molecule has 0 aliphatic heterocycles. The Morgan fingerprint density at radius 1 is 0.872 bits per heavy atom. The molecule has 39 heavy (non-hydrogen) atoms. The molecule has 0 atom stereocenters. The van der Waals surface area contributed by atoms with Crippen LogP contribution in [0.3, 0.4) is 0 Å². The first-order valence-electron chi connectivity index (χ1n) is 12.4. The van der Waals surface area contributed by atoms with Crippen LogP contribution in [0.25, 0.3) is 28.3 Å². The lowest BCUT2D eigenvalue weighted by atomic mass is 10.1. The van der Waals surface area contributed by atoms with Crippen molar-refractivity contribution in [3.63, 3.8) is 0 Å². The van der Waals surface area contributed by atoms with Gasteiger partial charge in [-0.25, -0.2) is 15.0 Å². The number of aromatic nitrogens is 4. The zero-order valence-electron chi connectivity index (χ0n) is 21.1. The number of rotatable bonds is 8. The molecule has 3 heterocycles. The number of imidazole rings is 1. The second-order valence-corrected chi connectivity index (χ2v) is 9.21. The van der Waals surface area contributed by atoms with Crippen molar-refractivity contribution in [1.29, 1.82) is 0 Å². The lowest BCUT2D eigenvalue weighted by Gasteiger charge is -2.11. The molecule has 0 amide bonds. The van der Waals surface area contributed by atoms with Crippen LogP contribution in [-0.2, 0) is 6.61 Å². The molecule has 0 unspecified atom stereocenters. The van der Waals surface area contributed by atoms with Crippen LogP contribution in [0.5, 0.6) is 11.5 Å². The summed E-state index contributed by atoms with van der Waals surface area (Å²) in [7, 11) is 1.59. The molecule has 7 nitrogen and oxygen atoms in total. The number of anilines is 2. The average Bonchev–Trinajstić information content (AvgIpc) is 3.38. The maximum atomic E-state index is 6.12. The summed E-state index contributed by atoms with van der Waals surface area (Å²) in [6.45, 7) is 0.509. The largest absolute Gasteiger partial charge is 0.495 e. The zero-order chi connectivity index (χ0) is 26.6.